The molecule has 1 aromatic carbocycles. The fourth-order valence-electron chi connectivity index (χ4n) is 2.50. The van der Waals surface area contributed by atoms with Gasteiger partial charge in [0.2, 0.25) is 0 Å². The molecule has 5 heteroatoms. The van der Waals surface area contributed by atoms with Gasteiger partial charge in [0.1, 0.15) is 0 Å². The zero-order chi connectivity index (χ0) is 14.5. The highest BCUT2D eigenvalue weighted by atomic mass is 127. The first-order valence-corrected chi connectivity index (χ1v) is 8.52. The average Bonchev–Trinajstić information content (AvgIpc) is 2.48. The molecular weight excluding hydrogens is 387 g/mol. The predicted octanol–water partition coefficient (Wildman–Crippen LogP) is 3.41. The van der Waals surface area contributed by atoms with Crippen molar-refractivity contribution in [3.05, 3.63) is 32.4 Å². The van der Waals surface area contributed by atoms with Crippen LogP contribution in [-0.4, -0.2) is 37.0 Å². The Morgan fingerprint density at radius 1 is 1.45 bits per heavy atom. The van der Waals surface area contributed by atoms with Crippen LogP contribution in [0.25, 0.3) is 0 Å². The molecule has 110 valence electrons. The Hall–Kier alpha value is -0.330. The van der Waals surface area contributed by atoms with Crippen LogP contribution in [0.15, 0.2) is 18.2 Å². The minimum absolute atomic E-state index is 0.102. The van der Waals surface area contributed by atoms with Gasteiger partial charge in [0.15, 0.2) is 0 Å². The third-order valence-electron chi connectivity index (χ3n) is 3.75. The Morgan fingerprint density at radius 2 is 2.15 bits per heavy atom. The first-order chi connectivity index (χ1) is 9.61. The molecule has 0 spiro atoms. The van der Waals surface area contributed by atoms with E-state index < -0.39 is 0 Å². The Balaban J connectivity index is 1.92. The fraction of sp³-hybridized carbons (Fsp3) is 0.533. The Labute approximate surface area is 139 Å². The van der Waals surface area contributed by atoms with E-state index in [9.17, 15) is 4.79 Å². The molecule has 1 fully saturated rings. The molecule has 1 N–H and O–H groups in total. The van der Waals surface area contributed by atoms with Gasteiger partial charge in [0, 0.05) is 22.2 Å². The molecule has 1 aliphatic heterocycles. The average molecular weight is 407 g/mol. The van der Waals surface area contributed by atoms with Crippen molar-refractivity contribution < 1.29 is 4.79 Å². The number of likely N-dealkylation sites (tertiary alicyclic amines) is 1. The van der Waals surface area contributed by atoms with Crippen LogP contribution >= 0.6 is 34.2 Å². The SMILES string of the molecule is CCNCC1CCN(C(=O)c2ccc(I)c(Cl)c2)CC1. The van der Waals surface area contributed by atoms with Gasteiger partial charge in [-0.05, 0) is 72.6 Å². The van der Waals surface area contributed by atoms with Gasteiger partial charge >= 0.3 is 0 Å². The summed E-state index contributed by atoms with van der Waals surface area (Å²) in [6.07, 6.45) is 2.16. The lowest BCUT2D eigenvalue weighted by Crippen LogP contribution is -2.40. The van der Waals surface area contributed by atoms with Crippen molar-refractivity contribution in [2.24, 2.45) is 5.92 Å². The Bertz CT molecular complexity index is 473. The highest BCUT2D eigenvalue weighted by Crippen LogP contribution is 2.22. The van der Waals surface area contributed by atoms with E-state index in [-0.39, 0.29) is 5.91 Å². The van der Waals surface area contributed by atoms with Gasteiger partial charge in [-0.25, -0.2) is 0 Å². The number of rotatable bonds is 4. The third kappa shape index (κ3) is 4.09. The second kappa shape index (κ2) is 7.61. The summed E-state index contributed by atoms with van der Waals surface area (Å²) in [4.78, 5) is 14.4. The molecule has 0 aliphatic carbocycles. The van der Waals surface area contributed by atoms with E-state index in [1.165, 1.54) is 0 Å². The second-order valence-corrected chi connectivity index (χ2v) is 6.74. The number of piperidine rings is 1. The van der Waals surface area contributed by atoms with Gasteiger partial charge in [0.05, 0.1) is 5.02 Å². The van der Waals surface area contributed by atoms with Crippen molar-refractivity contribution in [1.29, 1.82) is 0 Å². The molecule has 1 aliphatic rings. The summed E-state index contributed by atoms with van der Waals surface area (Å²) in [6, 6.07) is 5.53. The van der Waals surface area contributed by atoms with Crippen LogP contribution in [0.2, 0.25) is 5.02 Å². The van der Waals surface area contributed by atoms with Gasteiger partial charge < -0.3 is 10.2 Å². The molecular formula is C15H20ClIN2O. The van der Waals surface area contributed by atoms with Gasteiger partial charge in [-0.2, -0.15) is 0 Å². The number of hydrogen-bond acceptors (Lipinski definition) is 2. The molecule has 1 aromatic rings. The zero-order valence-electron chi connectivity index (χ0n) is 11.7. The maximum Gasteiger partial charge on any atom is 0.253 e. The van der Waals surface area contributed by atoms with Crippen LogP contribution in [-0.2, 0) is 0 Å². The van der Waals surface area contributed by atoms with Crippen molar-refractivity contribution in [1.82, 2.24) is 10.2 Å². The van der Waals surface area contributed by atoms with Crippen LogP contribution in [0.1, 0.15) is 30.1 Å². The van der Waals surface area contributed by atoms with E-state index in [0.717, 1.165) is 42.6 Å². The lowest BCUT2D eigenvalue weighted by Gasteiger charge is -2.32. The van der Waals surface area contributed by atoms with E-state index in [2.05, 4.69) is 34.8 Å². The smallest absolute Gasteiger partial charge is 0.253 e. The van der Waals surface area contributed by atoms with E-state index in [1.54, 1.807) is 6.07 Å². The molecule has 3 nitrogen and oxygen atoms in total. The van der Waals surface area contributed by atoms with Gasteiger partial charge in [-0.1, -0.05) is 18.5 Å². The van der Waals surface area contributed by atoms with Crippen molar-refractivity contribution >= 4 is 40.1 Å². The van der Waals surface area contributed by atoms with Crippen molar-refractivity contribution in [2.75, 3.05) is 26.2 Å². The molecule has 0 aromatic heterocycles. The number of carbonyl (C=O) groups is 1. The van der Waals surface area contributed by atoms with Crippen LogP contribution in [0.5, 0.6) is 0 Å². The lowest BCUT2D eigenvalue weighted by atomic mass is 9.96. The van der Waals surface area contributed by atoms with E-state index >= 15 is 0 Å². The molecule has 20 heavy (non-hydrogen) atoms. The first kappa shape index (κ1) is 16.0. The van der Waals surface area contributed by atoms with Crippen LogP contribution in [0.3, 0.4) is 0 Å². The molecule has 1 amide bonds. The summed E-state index contributed by atoms with van der Waals surface area (Å²) in [5, 5.41) is 4.04. The normalized spacial score (nSPS) is 16.4. The fourth-order valence-corrected chi connectivity index (χ4v) is 3.02. The van der Waals surface area contributed by atoms with Crippen LogP contribution in [0, 0.1) is 9.49 Å². The standard InChI is InChI=1S/C15H20ClIN2O/c1-2-18-10-11-5-7-19(8-6-11)15(20)12-3-4-14(17)13(16)9-12/h3-4,9,11,18H,2,5-8,10H2,1H3. The zero-order valence-corrected chi connectivity index (χ0v) is 14.6. The quantitative estimate of drug-likeness (QED) is 0.777. The largest absolute Gasteiger partial charge is 0.339 e. The summed E-state index contributed by atoms with van der Waals surface area (Å²) in [6.45, 7) is 5.89. The van der Waals surface area contributed by atoms with Gasteiger partial charge in [-0.15, -0.1) is 0 Å². The van der Waals surface area contributed by atoms with Crippen LogP contribution in [0.4, 0.5) is 0 Å². The minimum Gasteiger partial charge on any atom is -0.339 e. The van der Waals surface area contributed by atoms with Crippen molar-refractivity contribution in [2.45, 2.75) is 19.8 Å². The molecule has 0 unspecified atom stereocenters. The highest BCUT2D eigenvalue weighted by Gasteiger charge is 2.23. The molecule has 1 saturated heterocycles. The van der Waals surface area contributed by atoms with E-state index in [1.807, 2.05) is 17.0 Å². The lowest BCUT2D eigenvalue weighted by molar-refractivity contribution is 0.0690. The molecule has 0 atom stereocenters. The van der Waals surface area contributed by atoms with E-state index in [4.69, 9.17) is 11.6 Å². The summed E-state index contributed by atoms with van der Waals surface area (Å²) in [7, 11) is 0. The third-order valence-corrected chi connectivity index (χ3v) is 5.32. The molecule has 0 bridgehead atoms. The monoisotopic (exact) mass is 406 g/mol. The predicted molar refractivity (Wildman–Crippen MR) is 91.3 cm³/mol. The summed E-state index contributed by atoms with van der Waals surface area (Å²) < 4.78 is 0.977. The van der Waals surface area contributed by atoms with Crippen LogP contribution < -0.4 is 5.32 Å². The van der Waals surface area contributed by atoms with Crippen molar-refractivity contribution in [3.8, 4) is 0 Å². The Kier molecular flexibility index (Phi) is 6.11. The molecule has 2 rings (SSSR count). The first-order valence-electron chi connectivity index (χ1n) is 7.07. The topological polar surface area (TPSA) is 32.3 Å². The number of carbonyl (C=O) groups excluding carboxylic acids is 1. The highest BCUT2D eigenvalue weighted by molar-refractivity contribution is 14.1. The molecule has 1 heterocycles. The number of amides is 1. The van der Waals surface area contributed by atoms with Crippen molar-refractivity contribution in [3.63, 3.8) is 0 Å². The number of benzene rings is 1. The summed E-state index contributed by atoms with van der Waals surface area (Å²) in [5.41, 5.74) is 0.695. The molecule has 0 radical (unpaired) electrons. The summed E-state index contributed by atoms with van der Waals surface area (Å²) in [5.74, 6) is 0.796. The minimum atomic E-state index is 0.102. The molecule has 0 saturated carbocycles. The number of halogens is 2. The van der Waals surface area contributed by atoms with Gasteiger partial charge in [0.25, 0.3) is 5.91 Å². The second-order valence-electron chi connectivity index (χ2n) is 5.17. The van der Waals surface area contributed by atoms with E-state index in [0.29, 0.717) is 16.5 Å². The Morgan fingerprint density at radius 3 is 2.75 bits per heavy atom. The maximum atomic E-state index is 12.4. The van der Waals surface area contributed by atoms with Gasteiger partial charge in [-0.3, -0.25) is 4.79 Å². The summed E-state index contributed by atoms with van der Waals surface area (Å²) >= 11 is 8.26. The maximum absolute atomic E-state index is 12.4. The number of hydrogen-bond donors (Lipinski definition) is 1. The number of nitrogens with one attached hydrogen (secondary N) is 1. The number of nitrogens with zero attached hydrogens (tertiary/aromatic N) is 1.